The first-order valence-corrected chi connectivity index (χ1v) is 9.48. The number of likely N-dealkylation sites (tertiary alicyclic amines) is 1. The van der Waals surface area contributed by atoms with Crippen LogP contribution in [0.2, 0.25) is 0 Å². The van der Waals surface area contributed by atoms with E-state index in [-0.39, 0.29) is 11.8 Å². The predicted octanol–water partition coefficient (Wildman–Crippen LogP) is 3.32. The molecule has 1 aromatic carbocycles. The zero-order valence-corrected chi connectivity index (χ0v) is 15.2. The van der Waals surface area contributed by atoms with Gasteiger partial charge in [0.1, 0.15) is 5.75 Å². The number of hydrogen-bond donors (Lipinski definition) is 0. The molecule has 0 radical (unpaired) electrons. The van der Waals surface area contributed by atoms with E-state index < -0.39 is 0 Å². The van der Waals surface area contributed by atoms with Crippen molar-refractivity contribution < 1.29 is 14.1 Å². The number of aromatic nitrogens is 2. The lowest BCUT2D eigenvalue weighted by Gasteiger charge is -2.31. The molecule has 1 atom stereocenters. The first-order chi connectivity index (χ1) is 12.7. The van der Waals surface area contributed by atoms with Gasteiger partial charge in [-0.15, -0.1) is 0 Å². The normalized spacial score (nSPS) is 21.3. The maximum atomic E-state index is 12.5. The number of methoxy groups -OCH3 is 1. The molecule has 0 bridgehead atoms. The Labute approximate surface area is 153 Å². The predicted molar refractivity (Wildman–Crippen MR) is 96.0 cm³/mol. The van der Waals surface area contributed by atoms with Crippen molar-refractivity contribution >= 4 is 5.91 Å². The van der Waals surface area contributed by atoms with Crippen molar-refractivity contribution in [2.75, 3.05) is 13.7 Å². The van der Waals surface area contributed by atoms with E-state index in [1.165, 1.54) is 19.3 Å². The molecule has 138 valence electrons. The molecule has 2 heterocycles. The minimum absolute atomic E-state index is 0.0484. The van der Waals surface area contributed by atoms with Gasteiger partial charge in [-0.05, 0) is 30.5 Å². The Bertz CT molecular complexity index is 767. The standard InChI is InChI=1S/C20H25N3O3/c1-25-17-9-5-6-14(10-17)11-18-21-20(22-26-18)15-12-19(24)23(13-15)16-7-3-2-4-8-16/h5-6,9-10,15-16H,2-4,7-8,11-13H2,1H3. The van der Waals surface area contributed by atoms with Crippen molar-refractivity contribution in [2.24, 2.45) is 0 Å². The average Bonchev–Trinajstić information content (AvgIpc) is 3.29. The molecule has 2 aromatic rings. The first kappa shape index (κ1) is 17.1. The zero-order valence-electron chi connectivity index (χ0n) is 15.2. The van der Waals surface area contributed by atoms with E-state index in [4.69, 9.17) is 9.26 Å². The summed E-state index contributed by atoms with van der Waals surface area (Å²) in [5, 5.41) is 4.15. The van der Waals surface area contributed by atoms with E-state index in [1.807, 2.05) is 24.3 Å². The number of carbonyl (C=O) groups is 1. The zero-order chi connectivity index (χ0) is 17.9. The van der Waals surface area contributed by atoms with Gasteiger partial charge < -0.3 is 14.2 Å². The number of benzene rings is 1. The van der Waals surface area contributed by atoms with Crippen molar-refractivity contribution in [3.8, 4) is 5.75 Å². The minimum Gasteiger partial charge on any atom is -0.497 e. The van der Waals surface area contributed by atoms with Gasteiger partial charge >= 0.3 is 0 Å². The Kier molecular flexibility index (Phi) is 4.91. The Morgan fingerprint density at radius 2 is 2.12 bits per heavy atom. The van der Waals surface area contributed by atoms with Gasteiger partial charge in [0.2, 0.25) is 11.8 Å². The van der Waals surface area contributed by atoms with E-state index in [1.54, 1.807) is 7.11 Å². The lowest BCUT2D eigenvalue weighted by atomic mass is 9.94. The van der Waals surface area contributed by atoms with Crippen molar-refractivity contribution in [2.45, 2.75) is 56.9 Å². The molecule has 1 saturated heterocycles. The lowest BCUT2D eigenvalue weighted by molar-refractivity contribution is -0.130. The average molecular weight is 355 g/mol. The van der Waals surface area contributed by atoms with Crippen LogP contribution in [0.15, 0.2) is 28.8 Å². The summed E-state index contributed by atoms with van der Waals surface area (Å²) in [6, 6.07) is 8.24. The molecule has 26 heavy (non-hydrogen) atoms. The quantitative estimate of drug-likeness (QED) is 0.823. The van der Waals surface area contributed by atoms with Crippen LogP contribution >= 0.6 is 0 Å². The smallest absolute Gasteiger partial charge is 0.231 e. The molecule has 1 aromatic heterocycles. The summed E-state index contributed by atoms with van der Waals surface area (Å²) in [5.41, 5.74) is 1.06. The molecule has 0 spiro atoms. The van der Waals surface area contributed by atoms with E-state index in [0.29, 0.717) is 30.6 Å². The summed E-state index contributed by atoms with van der Waals surface area (Å²) in [7, 11) is 1.65. The lowest BCUT2D eigenvalue weighted by Crippen LogP contribution is -2.37. The second-order valence-electron chi connectivity index (χ2n) is 7.31. The van der Waals surface area contributed by atoms with Gasteiger partial charge in [-0.25, -0.2) is 0 Å². The van der Waals surface area contributed by atoms with E-state index in [0.717, 1.165) is 30.7 Å². The third-order valence-electron chi connectivity index (χ3n) is 5.51. The van der Waals surface area contributed by atoms with Gasteiger partial charge in [-0.3, -0.25) is 4.79 Å². The van der Waals surface area contributed by atoms with Crippen molar-refractivity contribution in [3.63, 3.8) is 0 Å². The fraction of sp³-hybridized carbons (Fsp3) is 0.550. The highest BCUT2D eigenvalue weighted by Gasteiger charge is 2.37. The van der Waals surface area contributed by atoms with Crippen LogP contribution in [0.3, 0.4) is 0 Å². The van der Waals surface area contributed by atoms with Gasteiger partial charge in [-0.1, -0.05) is 36.6 Å². The van der Waals surface area contributed by atoms with Gasteiger partial charge in [0, 0.05) is 24.9 Å². The highest BCUT2D eigenvalue weighted by Crippen LogP contribution is 2.32. The summed E-state index contributed by atoms with van der Waals surface area (Å²) in [6.45, 7) is 0.724. The summed E-state index contributed by atoms with van der Waals surface area (Å²) in [5.74, 6) is 2.34. The summed E-state index contributed by atoms with van der Waals surface area (Å²) >= 11 is 0. The van der Waals surface area contributed by atoms with Gasteiger partial charge in [-0.2, -0.15) is 4.98 Å². The number of ether oxygens (including phenoxy) is 1. The van der Waals surface area contributed by atoms with Crippen LogP contribution < -0.4 is 4.74 Å². The summed E-state index contributed by atoms with van der Waals surface area (Å²) in [6.07, 6.45) is 7.07. The molecule has 6 heteroatoms. The van der Waals surface area contributed by atoms with Gasteiger partial charge in [0.05, 0.1) is 13.5 Å². The van der Waals surface area contributed by atoms with Crippen LogP contribution in [0.5, 0.6) is 5.75 Å². The van der Waals surface area contributed by atoms with E-state index in [9.17, 15) is 4.79 Å². The molecule has 1 aliphatic carbocycles. The molecule has 0 N–H and O–H groups in total. The second kappa shape index (κ2) is 7.48. The maximum absolute atomic E-state index is 12.5. The molecule has 1 amide bonds. The van der Waals surface area contributed by atoms with Gasteiger partial charge in [0.15, 0.2) is 5.82 Å². The van der Waals surface area contributed by atoms with Crippen molar-refractivity contribution in [1.82, 2.24) is 15.0 Å². The summed E-state index contributed by atoms with van der Waals surface area (Å²) < 4.78 is 10.7. The topological polar surface area (TPSA) is 68.5 Å². The van der Waals surface area contributed by atoms with Crippen LogP contribution in [0.1, 0.15) is 61.7 Å². The molecule has 1 unspecified atom stereocenters. The molecule has 1 saturated carbocycles. The highest BCUT2D eigenvalue weighted by molar-refractivity contribution is 5.79. The number of nitrogens with zero attached hydrogens (tertiary/aromatic N) is 3. The number of hydrogen-bond acceptors (Lipinski definition) is 5. The van der Waals surface area contributed by atoms with Crippen LogP contribution in [0, 0.1) is 0 Å². The highest BCUT2D eigenvalue weighted by atomic mass is 16.5. The molecular weight excluding hydrogens is 330 g/mol. The largest absolute Gasteiger partial charge is 0.497 e. The Hall–Kier alpha value is -2.37. The fourth-order valence-corrected chi connectivity index (χ4v) is 4.11. The first-order valence-electron chi connectivity index (χ1n) is 9.48. The molecule has 2 aliphatic rings. The molecule has 6 nitrogen and oxygen atoms in total. The number of carbonyl (C=O) groups excluding carboxylic acids is 1. The maximum Gasteiger partial charge on any atom is 0.231 e. The minimum atomic E-state index is 0.0484. The fourth-order valence-electron chi connectivity index (χ4n) is 4.11. The van der Waals surface area contributed by atoms with Gasteiger partial charge in [0.25, 0.3) is 0 Å². The molecular formula is C20H25N3O3. The molecule has 2 fully saturated rings. The monoisotopic (exact) mass is 355 g/mol. The third kappa shape index (κ3) is 3.59. The van der Waals surface area contributed by atoms with Crippen molar-refractivity contribution in [3.05, 3.63) is 41.5 Å². The van der Waals surface area contributed by atoms with Crippen LogP contribution in [0.4, 0.5) is 0 Å². The number of rotatable bonds is 5. The third-order valence-corrected chi connectivity index (χ3v) is 5.51. The van der Waals surface area contributed by atoms with Crippen LogP contribution in [0.25, 0.3) is 0 Å². The Balaban J connectivity index is 1.42. The SMILES string of the molecule is COc1cccc(Cc2nc(C3CC(=O)N(C4CCCCC4)C3)no2)c1. The number of amides is 1. The Morgan fingerprint density at radius 1 is 1.27 bits per heavy atom. The van der Waals surface area contributed by atoms with Crippen LogP contribution in [-0.4, -0.2) is 40.6 Å². The summed E-state index contributed by atoms with van der Waals surface area (Å²) in [4.78, 5) is 19.1. The Morgan fingerprint density at radius 3 is 2.92 bits per heavy atom. The van der Waals surface area contributed by atoms with Crippen molar-refractivity contribution in [1.29, 1.82) is 0 Å². The second-order valence-corrected chi connectivity index (χ2v) is 7.31. The van der Waals surface area contributed by atoms with E-state index in [2.05, 4.69) is 15.0 Å². The molecule has 4 rings (SSSR count). The van der Waals surface area contributed by atoms with E-state index >= 15 is 0 Å². The molecule has 1 aliphatic heterocycles. The van der Waals surface area contributed by atoms with Crippen LogP contribution in [-0.2, 0) is 11.2 Å².